The highest BCUT2D eigenvalue weighted by atomic mass is 19.3. The molecule has 0 saturated carbocycles. The summed E-state index contributed by atoms with van der Waals surface area (Å²) in [5.41, 5.74) is 5.92. The number of halogens is 2. The van der Waals surface area contributed by atoms with E-state index in [1.165, 1.54) is 26.2 Å². The van der Waals surface area contributed by atoms with Crippen molar-refractivity contribution in [2.45, 2.75) is 26.3 Å². The van der Waals surface area contributed by atoms with Gasteiger partial charge in [-0.1, -0.05) is 6.07 Å². The third-order valence-electron chi connectivity index (χ3n) is 2.50. The molecule has 5 heteroatoms. The number of alkyl halides is 2. The summed E-state index contributed by atoms with van der Waals surface area (Å²) in [6.45, 7) is 3.17. The van der Waals surface area contributed by atoms with Crippen LogP contribution in [-0.2, 0) is 0 Å². The van der Waals surface area contributed by atoms with Crippen LogP contribution < -0.4 is 10.5 Å². The lowest BCUT2D eigenvalue weighted by Gasteiger charge is -2.16. The van der Waals surface area contributed by atoms with E-state index in [2.05, 4.69) is 0 Å². The van der Waals surface area contributed by atoms with Crippen molar-refractivity contribution in [1.29, 1.82) is 0 Å². The second-order valence-corrected chi connectivity index (χ2v) is 3.83. The van der Waals surface area contributed by atoms with Crippen molar-refractivity contribution in [1.82, 2.24) is 0 Å². The Morgan fingerprint density at radius 3 is 2.41 bits per heavy atom. The van der Waals surface area contributed by atoms with Crippen LogP contribution in [0, 0.1) is 6.92 Å². The Balaban J connectivity index is 3.46. The van der Waals surface area contributed by atoms with Crippen molar-refractivity contribution in [3.05, 3.63) is 28.8 Å². The van der Waals surface area contributed by atoms with Gasteiger partial charge in [0.25, 0.3) is 6.43 Å². The monoisotopic (exact) mass is 243 g/mol. The number of Topliss-reactive ketones (excluding diaryl/α,β-unsaturated/α-hetero) is 1. The first-order chi connectivity index (χ1) is 7.90. The van der Waals surface area contributed by atoms with Gasteiger partial charge in [-0.05, 0) is 25.5 Å². The number of aryl methyl sites for hydroxylation is 1. The first kappa shape index (κ1) is 13.6. The summed E-state index contributed by atoms with van der Waals surface area (Å²) in [4.78, 5) is 11.9. The van der Waals surface area contributed by atoms with Crippen molar-refractivity contribution >= 4 is 5.78 Å². The fourth-order valence-electron chi connectivity index (χ4n) is 1.62. The van der Waals surface area contributed by atoms with Gasteiger partial charge in [0.1, 0.15) is 5.75 Å². The van der Waals surface area contributed by atoms with Gasteiger partial charge >= 0.3 is 0 Å². The van der Waals surface area contributed by atoms with Crippen LogP contribution >= 0.6 is 0 Å². The molecule has 0 bridgehead atoms. The van der Waals surface area contributed by atoms with Gasteiger partial charge in [-0.2, -0.15) is 0 Å². The van der Waals surface area contributed by atoms with Gasteiger partial charge in [0, 0.05) is 0 Å². The van der Waals surface area contributed by atoms with E-state index in [-0.39, 0.29) is 16.9 Å². The SMILES string of the molecule is COc1c(C(F)F)ccc(C)c1C(=O)C(C)N. The molecule has 1 aromatic carbocycles. The fraction of sp³-hybridized carbons (Fsp3) is 0.417. The molecule has 0 fully saturated rings. The number of ketones is 1. The Hall–Kier alpha value is -1.49. The quantitative estimate of drug-likeness (QED) is 0.826. The molecule has 94 valence electrons. The highest BCUT2D eigenvalue weighted by molar-refractivity contribution is 6.03. The van der Waals surface area contributed by atoms with Crippen LogP contribution in [0.2, 0.25) is 0 Å². The van der Waals surface area contributed by atoms with Crippen molar-refractivity contribution in [3.63, 3.8) is 0 Å². The standard InChI is InChI=1S/C12H15F2NO2/c1-6-4-5-8(12(13)14)11(17-3)9(6)10(16)7(2)15/h4-5,7,12H,15H2,1-3H3. The van der Waals surface area contributed by atoms with Gasteiger partial charge < -0.3 is 10.5 Å². The van der Waals surface area contributed by atoms with Crippen LogP contribution in [0.5, 0.6) is 5.75 Å². The Labute approximate surface area is 98.6 Å². The summed E-state index contributed by atoms with van der Waals surface area (Å²) in [6, 6.07) is 1.98. The van der Waals surface area contributed by atoms with Gasteiger partial charge in [0.05, 0.1) is 24.3 Å². The lowest BCUT2D eigenvalue weighted by atomic mass is 9.96. The van der Waals surface area contributed by atoms with E-state index in [1.807, 2.05) is 0 Å². The number of rotatable bonds is 4. The first-order valence-corrected chi connectivity index (χ1v) is 5.15. The maximum absolute atomic E-state index is 12.8. The van der Waals surface area contributed by atoms with Crippen molar-refractivity contribution < 1.29 is 18.3 Å². The van der Waals surface area contributed by atoms with Crippen molar-refractivity contribution in [2.24, 2.45) is 5.73 Å². The molecule has 0 saturated heterocycles. The molecule has 2 N–H and O–H groups in total. The normalized spacial score (nSPS) is 12.6. The fourth-order valence-corrected chi connectivity index (χ4v) is 1.62. The van der Waals surface area contributed by atoms with Crippen LogP contribution in [0.3, 0.4) is 0 Å². The van der Waals surface area contributed by atoms with Crippen LogP contribution in [0.4, 0.5) is 8.78 Å². The average Bonchev–Trinajstić information content (AvgIpc) is 2.26. The predicted molar refractivity (Wildman–Crippen MR) is 60.7 cm³/mol. The number of carbonyl (C=O) groups is 1. The summed E-state index contributed by atoms with van der Waals surface area (Å²) in [6.07, 6.45) is -2.69. The zero-order valence-corrected chi connectivity index (χ0v) is 9.96. The molecular weight excluding hydrogens is 228 g/mol. The zero-order valence-electron chi connectivity index (χ0n) is 9.96. The lowest BCUT2D eigenvalue weighted by Crippen LogP contribution is -2.28. The van der Waals surface area contributed by atoms with E-state index in [9.17, 15) is 13.6 Å². The molecule has 0 aliphatic carbocycles. The minimum Gasteiger partial charge on any atom is -0.495 e. The summed E-state index contributed by atoms with van der Waals surface area (Å²) in [5, 5.41) is 0. The summed E-state index contributed by atoms with van der Waals surface area (Å²) < 4.78 is 30.5. The maximum atomic E-state index is 12.8. The molecule has 1 atom stereocenters. The molecule has 0 heterocycles. The van der Waals surface area contributed by atoms with E-state index >= 15 is 0 Å². The summed E-state index contributed by atoms with van der Waals surface area (Å²) in [5.74, 6) is -0.482. The summed E-state index contributed by atoms with van der Waals surface area (Å²) >= 11 is 0. The maximum Gasteiger partial charge on any atom is 0.267 e. The van der Waals surface area contributed by atoms with Crippen LogP contribution in [0.15, 0.2) is 12.1 Å². The van der Waals surface area contributed by atoms with Gasteiger partial charge in [0.2, 0.25) is 0 Å². The second-order valence-electron chi connectivity index (χ2n) is 3.83. The third kappa shape index (κ3) is 2.61. The Morgan fingerprint density at radius 1 is 1.41 bits per heavy atom. The smallest absolute Gasteiger partial charge is 0.267 e. The van der Waals surface area contributed by atoms with Crippen LogP contribution in [-0.4, -0.2) is 18.9 Å². The van der Waals surface area contributed by atoms with E-state index in [1.54, 1.807) is 6.92 Å². The molecule has 0 aliphatic heterocycles. The first-order valence-electron chi connectivity index (χ1n) is 5.15. The Morgan fingerprint density at radius 2 is 2.00 bits per heavy atom. The average molecular weight is 243 g/mol. The summed E-state index contributed by atoms with van der Waals surface area (Å²) in [7, 11) is 1.26. The Bertz CT molecular complexity index is 431. The largest absolute Gasteiger partial charge is 0.495 e. The molecule has 0 aliphatic rings. The van der Waals surface area contributed by atoms with Gasteiger partial charge in [-0.3, -0.25) is 4.79 Å². The van der Waals surface area contributed by atoms with E-state index in [0.717, 1.165) is 0 Å². The van der Waals surface area contributed by atoms with Crippen molar-refractivity contribution in [3.8, 4) is 5.75 Å². The lowest BCUT2D eigenvalue weighted by molar-refractivity contribution is 0.0963. The number of benzene rings is 1. The second kappa shape index (κ2) is 5.23. The van der Waals surface area contributed by atoms with Crippen LogP contribution in [0.1, 0.15) is 34.8 Å². The number of ether oxygens (including phenoxy) is 1. The molecule has 0 radical (unpaired) electrons. The van der Waals surface area contributed by atoms with Gasteiger partial charge in [-0.25, -0.2) is 8.78 Å². The molecule has 1 rings (SSSR count). The third-order valence-corrected chi connectivity index (χ3v) is 2.50. The number of carbonyl (C=O) groups excluding carboxylic acids is 1. The number of hydrogen-bond donors (Lipinski definition) is 1. The minimum atomic E-state index is -2.69. The molecule has 1 aromatic rings. The zero-order chi connectivity index (χ0) is 13.2. The van der Waals surface area contributed by atoms with E-state index in [4.69, 9.17) is 10.5 Å². The number of nitrogens with two attached hydrogens (primary N) is 1. The molecule has 0 aromatic heterocycles. The molecule has 1 unspecified atom stereocenters. The topological polar surface area (TPSA) is 52.3 Å². The highest BCUT2D eigenvalue weighted by Gasteiger charge is 2.24. The minimum absolute atomic E-state index is 0.0812. The molecule has 0 amide bonds. The number of methoxy groups -OCH3 is 1. The highest BCUT2D eigenvalue weighted by Crippen LogP contribution is 2.34. The van der Waals surface area contributed by atoms with Crippen LogP contribution in [0.25, 0.3) is 0 Å². The molecular formula is C12H15F2NO2. The van der Waals surface area contributed by atoms with Gasteiger partial charge in [-0.15, -0.1) is 0 Å². The van der Waals surface area contributed by atoms with Gasteiger partial charge in [0.15, 0.2) is 5.78 Å². The molecule has 3 nitrogen and oxygen atoms in total. The Kier molecular flexibility index (Phi) is 4.17. The predicted octanol–water partition coefficient (Wildman–Crippen LogP) is 2.47. The van der Waals surface area contributed by atoms with Crippen molar-refractivity contribution in [2.75, 3.05) is 7.11 Å². The van der Waals surface area contributed by atoms with E-state index < -0.39 is 18.3 Å². The number of hydrogen-bond acceptors (Lipinski definition) is 3. The van der Waals surface area contributed by atoms with E-state index in [0.29, 0.717) is 5.56 Å². The molecule has 0 spiro atoms. The molecule has 17 heavy (non-hydrogen) atoms.